The van der Waals surface area contributed by atoms with Gasteiger partial charge in [0.1, 0.15) is 5.76 Å². The summed E-state index contributed by atoms with van der Waals surface area (Å²) in [5.74, 6) is 1.10. The molecule has 138 valence electrons. The van der Waals surface area contributed by atoms with E-state index in [-0.39, 0.29) is 0 Å². The van der Waals surface area contributed by atoms with Crippen LogP contribution in [0.25, 0.3) is 33.5 Å². The van der Waals surface area contributed by atoms with E-state index in [0.717, 1.165) is 12.2 Å². The number of hydrogen-bond acceptors (Lipinski definition) is 1. The third-order valence-electron chi connectivity index (χ3n) is 5.74. The Morgan fingerprint density at radius 3 is 2.39 bits per heavy atom. The van der Waals surface area contributed by atoms with Crippen LogP contribution in [0.4, 0.5) is 0 Å². The molecular weight excluding hydrogens is 356 g/mol. The Bertz CT molecular complexity index is 1220. The van der Waals surface area contributed by atoms with E-state index in [1.807, 2.05) is 6.26 Å². The van der Waals surface area contributed by atoms with Gasteiger partial charge >= 0.3 is 0 Å². The lowest BCUT2D eigenvalue weighted by molar-refractivity contribution is 0.554. The predicted molar refractivity (Wildman–Crippen MR) is 123 cm³/mol. The predicted octanol–water partition coefficient (Wildman–Crippen LogP) is 6.74. The van der Waals surface area contributed by atoms with E-state index in [4.69, 9.17) is 4.42 Å². The summed E-state index contributed by atoms with van der Waals surface area (Å²) >= 11 is 0. The SMILES string of the molecule is C[Si](C)(C)c1ccoc1C1=Cc2c(cccc2-c2cccc3ccccc23)C1. The minimum Gasteiger partial charge on any atom is -0.465 e. The fourth-order valence-corrected chi connectivity index (χ4v) is 5.83. The molecule has 0 unspecified atom stereocenters. The molecule has 0 spiro atoms. The molecular formula is C26H24OSi. The summed E-state index contributed by atoms with van der Waals surface area (Å²) in [6.07, 6.45) is 5.16. The van der Waals surface area contributed by atoms with Crippen LogP contribution in [0.15, 0.2) is 77.4 Å². The van der Waals surface area contributed by atoms with Gasteiger partial charge in [-0.2, -0.15) is 0 Å². The van der Waals surface area contributed by atoms with Crippen molar-refractivity contribution < 1.29 is 4.42 Å². The van der Waals surface area contributed by atoms with Crippen LogP contribution in [0.2, 0.25) is 19.6 Å². The molecule has 28 heavy (non-hydrogen) atoms. The topological polar surface area (TPSA) is 13.1 Å². The molecule has 3 aromatic carbocycles. The first-order valence-electron chi connectivity index (χ1n) is 9.91. The number of rotatable bonds is 3. The van der Waals surface area contributed by atoms with Gasteiger partial charge in [-0.3, -0.25) is 0 Å². The first-order chi connectivity index (χ1) is 13.5. The molecule has 4 aromatic rings. The van der Waals surface area contributed by atoms with Crippen LogP contribution < -0.4 is 5.19 Å². The van der Waals surface area contributed by atoms with Crippen molar-refractivity contribution in [2.75, 3.05) is 0 Å². The molecule has 2 heteroatoms. The highest BCUT2D eigenvalue weighted by Crippen LogP contribution is 2.39. The van der Waals surface area contributed by atoms with Crippen LogP contribution in [0.3, 0.4) is 0 Å². The summed E-state index contributed by atoms with van der Waals surface area (Å²) in [5.41, 5.74) is 6.65. The molecule has 0 N–H and O–H groups in total. The molecule has 0 atom stereocenters. The molecule has 0 aliphatic heterocycles. The van der Waals surface area contributed by atoms with Crippen molar-refractivity contribution in [3.05, 3.63) is 89.9 Å². The molecule has 1 aliphatic rings. The first kappa shape index (κ1) is 17.3. The Kier molecular flexibility index (Phi) is 3.92. The van der Waals surface area contributed by atoms with Crippen LogP contribution in [0, 0.1) is 0 Å². The Balaban J connectivity index is 1.68. The van der Waals surface area contributed by atoms with E-state index in [1.165, 1.54) is 43.8 Å². The van der Waals surface area contributed by atoms with Crippen molar-refractivity contribution >= 4 is 35.7 Å². The van der Waals surface area contributed by atoms with Crippen molar-refractivity contribution in [2.24, 2.45) is 0 Å². The van der Waals surface area contributed by atoms with Crippen LogP contribution >= 0.6 is 0 Å². The highest BCUT2D eigenvalue weighted by molar-refractivity contribution is 6.89. The Labute approximate surface area is 167 Å². The average molecular weight is 381 g/mol. The second kappa shape index (κ2) is 6.35. The quantitative estimate of drug-likeness (QED) is 0.359. The van der Waals surface area contributed by atoms with Gasteiger partial charge in [-0.05, 0) is 55.9 Å². The highest BCUT2D eigenvalue weighted by Gasteiger charge is 2.27. The van der Waals surface area contributed by atoms with E-state index in [2.05, 4.69) is 92.4 Å². The van der Waals surface area contributed by atoms with Crippen LogP contribution in [-0.4, -0.2) is 8.07 Å². The van der Waals surface area contributed by atoms with Crippen molar-refractivity contribution in [1.82, 2.24) is 0 Å². The zero-order chi connectivity index (χ0) is 19.3. The Hall–Kier alpha value is -2.84. The van der Waals surface area contributed by atoms with Crippen LogP contribution in [0.5, 0.6) is 0 Å². The van der Waals surface area contributed by atoms with E-state index in [1.54, 1.807) is 0 Å². The fraction of sp³-hybridized carbons (Fsp3) is 0.154. The number of furan rings is 1. The van der Waals surface area contributed by atoms with Crippen LogP contribution in [0.1, 0.15) is 16.9 Å². The maximum absolute atomic E-state index is 5.99. The van der Waals surface area contributed by atoms with E-state index in [0.29, 0.717) is 0 Å². The van der Waals surface area contributed by atoms with Gasteiger partial charge < -0.3 is 4.42 Å². The third kappa shape index (κ3) is 2.76. The molecule has 1 aromatic heterocycles. The van der Waals surface area contributed by atoms with Crippen LogP contribution in [-0.2, 0) is 6.42 Å². The molecule has 0 saturated heterocycles. The third-order valence-corrected chi connectivity index (χ3v) is 7.75. The molecule has 0 saturated carbocycles. The molecule has 1 aliphatic carbocycles. The van der Waals surface area contributed by atoms with Gasteiger partial charge in [0.2, 0.25) is 0 Å². The molecule has 0 radical (unpaired) electrons. The van der Waals surface area contributed by atoms with E-state index < -0.39 is 8.07 Å². The number of benzene rings is 3. The second-order valence-corrected chi connectivity index (χ2v) is 13.7. The monoisotopic (exact) mass is 380 g/mol. The Morgan fingerprint density at radius 1 is 0.786 bits per heavy atom. The highest BCUT2D eigenvalue weighted by atomic mass is 28.3. The summed E-state index contributed by atoms with van der Waals surface area (Å²) in [6, 6.07) is 24.1. The number of allylic oxidation sites excluding steroid dienone is 1. The lowest BCUT2D eigenvalue weighted by Gasteiger charge is -2.16. The normalized spacial score (nSPS) is 13.6. The van der Waals surface area contributed by atoms with Crippen molar-refractivity contribution in [2.45, 2.75) is 26.1 Å². The summed E-state index contributed by atoms with van der Waals surface area (Å²) in [4.78, 5) is 0. The van der Waals surface area contributed by atoms with E-state index in [9.17, 15) is 0 Å². The zero-order valence-electron chi connectivity index (χ0n) is 16.6. The maximum Gasteiger partial charge on any atom is 0.129 e. The lowest BCUT2D eigenvalue weighted by Crippen LogP contribution is -2.38. The van der Waals surface area contributed by atoms with E-state index >= 15 is 0 Å². The maximum atomic E-state index is 5.99. The smallest absolute Gasteiger partial charge is 0.129 e. The molecule has 1 heterocycles. The molecule has 0 bridgehead atoms. The van der Waals surface area contributed by atoms with Crippen molar-refractivity contribution in [3.8, 4) is 11.1 Å². The largest absolute Gasteiger partial charge is 0.465 e. The van der Waals surface area contributed by atoms with Crippen molar-refractivity contribution in [3.63, 3.8) is 0 Å². The summed E-state index contributed by atoms with van der Waals surface area (Å²) in [6.45, 7) is 7.14. The summed E-state index contributed by atoms with van der Waals surface area (Å²) < 4.78 is 5.99. The minimum absolute atomic E-state index is 0.943. The lowest BCUT2D eigenvalue weighted by atomic mass is 9.93. The Morgan fingerprint density at radius 2 is 1.54 bits per heavy atom. The minimum atomic E-state index is -1.44. The van der Waals surface area contributed by atoms with Gasteiger partial charge in [0, 0.05) is 6.42 Å². The summed E-state index contributed by atoms with van der Waals surface area (Å²) in [7, 11) is -1.44. The first-order valence-corrected chi connectivity index (χ1v) is 13.4. The van der Waals surface area contributed by atoms with Gasteiger partial charge in [-0.1, -0.05) is 80.3 Å². The van der Waals surface area contributed by atoms with Gasteiger partial charge in [0.15, 0.2) is 0 Å². The number of hydrogen-bond donors (Lipinski definition) is 0. The molecule has 5 rings (SSSR count). The molecule has 0 amide bonds. The average Bonchev–Trinajstić information content (AvgIpc) is 3.33. The molecule has 0 fully saturated rings. The van der Waals surface area contributed by atoms with Gasteiger partial charge in [-0.15, -0.1) is 0 Å². The fourth-order valence-electron chi connectivity index (χ4n) is 4.36. The van der Waals surface area contributed by atoms with Gasteiger partial charge in [0.05, 0.1) is 14.3 Å². The summed E-state index contributed by atoms with van der Waals surface area (Å²) in [5, 5.41) is 4.01. The molecule has 1 nitrogen and oxygen atoms in total. The van der Waals surface area contributed by atoms with Gasteiger partial charge in [0.25, 0.3) is 0 Å². The second-order valence-electron chi connectivity index (χ2n) is 8.66. The van der Waals surface area contributed by atoms with Crippen molar-refractivity contribution in [1.29, 1.82) is 0 Å². The number of fused-ring (bicyclic) bond motifs is 2. The van der Waals surface area contributed by atoms with Gasteiger partial charge in [-0.25, -0.2) is 0 Å². The standard InChI is InChI=1S/C26H24OSi/c1-28(2,3)25-14-15-27-26(25)20-16-19-10-7-13-23(24(19)17-20)22-12-6-9-18-8-4-5-11-21(18)22/h4-15,17H,16H2,1-3H3. The zero-order valence-corrected chi connectivity index (χ0v) is 17.6.